The molecule has 0 unspecified atom stereocenters. The Bertz CT molecular complexity index is 451. The first kappa shape index (κ1) is 11.2. The Morgan fingerprint density at radius 2 is 1.71 bits per heavy atom. The van der Waals surface area contributed by atoms with E-state index in [9.17, 15) is 9.59 Å². The highest BCUT2D eigenvalue weighted by Crippen LogP contribution is 2.23. The van der Waals surface area contributed by atoms with Gasteiger partial charge in [-0.05, 0) is 24.3 Å². The van der Waals surface area contributed by atoms with Crippen LogP contribution in [0, 0.1) is 0 Å². The van der Waals surface area contributed by atoms with Gasteiger partial charge in [0.1, 0.15) is 12.4 Å². The standard InChI is InChI=1S/C10H10N4O3/c11-5-6-17-8-3-1-7(2-4-8)14-9(15)12-13-10(14)16/h1-4H,5-6,11H2. The zero-order chi connectivity index (χ0) is 12.3. The number of anilines is 1. The molecule has 1 heterocycles. The maximum Gasteiger partial charge on any atom is 0.375 e. The number of nitrogens with zero attached hydrogens (tertiary/aromatic N) is 3. The van der Waals surface area contributed by atoms with Gasteiger partial charge in [-0.15, -0.1) is 0 Å². The smallest absolute Gasteiger partial charge is 0.375 e. The molecule has 0 spiro atoms. The number of hydrogen-bond donors (Lipinski definition) is 1. The highest BCUT2D eigenvalue weighted by Gasteiger charge is 2.28. The molecule has 1 aliphatic rings. The van der Waals surface area contributed by atoms with Crippen molar-refractivity contribution in [3.05, 3.63) is 24.3 Å². The van der Waals surface area contributed by atoms with E-state index in [0.29, 0.717) is 24.6 Å². The van der Waals surface area contributed by atoms with Crippen molar-refractivity contribution in [3.63, 3.8) is 0 Å². The minimum Gasteiger partial charge on any atom is -0.492 e. The van der Waals surface area contributed by atoms with Crippen molar-refractivity contribution in [2.24, 2.45) is 16.0 Å². The Kier molecular flexibility index (Phi) is 3.10. The monoisotopic (exact) mass is 234 g/mol. The predicted octanol–water partition coefficient (Wildman–Crippen LogP) is 1.54. The molecule has 0 fully saturated rings. The molecule has 0 aromatic heterocycles. The minimum absolute atomic E-state index is 0.407. The summed E-state index contributed by atoms with van der Waals surface area (Å²) in [6.07, 6.45) is 0. The van der Waals surface area contributed by atoms with Crippen LogP contribution >= 0.6 is 0 Å². The lowest BCUT2D eigenvalue weighted by atomic mass is 10.3. The summed E-state index contributed by atoms with van der Waals surface area (Å²) >= 11 is 0. The third kappa shape index (κ3) is 2.28. The maximum atomic E-state index is 11.2. The van der Waals surface area contributed by atoms with E-state index in [1.807, 2.05) is 0 Å². The molecule has 0 radical (unpaired) electrons. The SMILES string of the molecule is NCCOc1ccc(N2C(=O)N=NC2=O)cc1. The predicted molar refractivity (Wildman–Crippen MR) is 59.1 cm³/mol. The third-order valence-electron chi connectivity index (χ3n) is 2.09. The Morgan fingerprint density at radius 1 is 1.12 bits per heavy atom. The first-order valence-corrected chi connectivity index (χ1v) is 4.95. The second-order valence-corrected chi connectivity index (χ2v) is 3.23. The van der Waals surface area contributed by atoms with Crippen molar-refractivity contribution < 1.29 is 14.3 Å². The average Bonchev–Trinajstić information content (AvgIpc) is 2.67. The van der Waals surface area contributed by atoms with E-state index >= 15 is 0 Å². The van der Waals surface area contributed by atoms with Gasteiger partial charge in [-0.25, -0.2) is 14.5 Å². The number of amides is 4. The fourth-order valence-corrected chi connectivity index (χ4v) is 1.35. The molecule has 1 aromatic rings. The zero-order valence-corrected chi connectivity index (χ0v) is 8.87. The Balaban J connectivity index is 2.13. The maximum absolute atomic E-state index is 11.2. The molecular formula is C10H10N4O3. The summed E-state index contributed by atoms with van der Waals surface area (Å²) in [6, 6.07) is 5.07. The first-order valence-electron chi connectivity index (χ1n) is 4.95. The van der Waals surface area contributed by atoms with Crippen molar-refractivity contribution in [1.29, 1.82) is 0 Å². The van der Waals surface area contributed by atoms with E-state index in [4.69, 9.17) is 10.5 Å². The molecule has 2 rings (SSSR count). The van der Waals surface area contributed by atoms with Crippen LogP contribution in [-0.4, -0.2) is 25.2 Å². The van der Waals surface area contributed by atoms with Crippen molar-refractivity contribution in [2.75, 3.05) is 18.1 Å². The Labute approximate surface area is 96.9 Å². The van der Waals surface area contributed by atoms with Gasteiger partial charge in [-0.3, -0.25) is 0 Å². The van der Waals surface area contributed by atoms with Gasteiger partial charge in [0.05, 0.1) is 5.69 Å². The van der Waals surface area contributed by atoms with E-state index in [2.05, 4.69) is 10.2 Å². The number of ether oxygens (including phenoxy) is 1. The molecule has 0 bridgehead atoms. The van der Waals surface area contributed by atoms with E-state index in [1.165, 1.54) is 0 Å². The van der Waals surface area contributed by atoms with Crippen molar-refractivity contribution in [1.82, 2.24) is 0 Å². The quantitative estimate of drug-likeness (QED) is 0.854. The molecule has 17 heavy (non-hydrogen) atoms. The molecule has 2 N–H and O–H groups in total. The third-order valence-corrected chi connectivity index (χ3v) is 2.09. The van der Waals surface area contributed by atoms with Crippen molar-refractivity contribution in [3.8, 4) is 5.75 Å². The zero-order valence-electron chi connectivity index (χ0n) is 8.87. The van der Waals surface area contributed by atoms with Gasteiger partial charge >= 0.3 is 12.1 Å². The summed E-state index contributed by atoms with van der Waals surface area (Å²) in [5.41, 5.74) is 5.70. The first-order chi connectivity index (χ1) is 8.22. The van der Waals surface area contributed by atoms with Crippen LogP contribution in [0.25, 0.3) is 0 Å². The lowest BCUT2D eigenvalue weighted by molar-refractivity contribution is 0.249. The fourth-order valence-electron chi connectivity index (χ4n) is 1.35. The molecule has 7 nitrogen and oxygen atoms in total. The van der Waals surface area contributed by atoms with Gasteiger partial charge in [0, 0.05) is 6.54 Å². The normalized spacial score (nSPS) is 14.5. The molecule has 0 aliphatic carbocycles. The van der Waals surface area contributed by atoms with Crippen LogP contribution in [0.2, 0.25) is 0 Å². The van der Waals surface area contributed by atoms with Crippen LogP contribution in [0.5, 0.6) is 5.75 Å². The van der Waals surface area contributed by atoms with Crippen molar-refractivity contribution >= 4 is 17.7 Å². The van der Waals surface area contributed by atoms with Crippen LogP contribution in [0.4, 0.5) is 15.3 Å². The van der Waals surface area contributed by atoms with Crippen LogP contribution < -0.4 is 15.4 Å². The number of nitrogens with two attached hydrogens (primary N) is 1. The number of azo groups is 1. The summed E-state index contributed by atoms with van der Waals surface area (Å²) in [5.74, 6) is 0.618. The van der Waals surface area contributed by atoms with Gasteiger partial charge in [0.2, 0.25) is 0 Å². The molecular weight excluding hydrogens is 224 g/mol. The summed E-state index contributed by atoms with van der Waals surface area (Å²) < 4.78 is 5.27. The molecule has 1 aromatic carbocycles. The molecule has 0 saturated carbocycles. The van der Waals surface area contributed by atoms with Crippen LogP contribution in [0.3, 0.4) is 0 Å². The average molecular weight is 234 g/mol. The minimum atomic E-state index is -0.689. The number of urea groups is 2. The van der Waals surface area contributed by atoms with E-state index in [0.717, 1.165) is 4.90 Å². The lowest BCUT2D eigenvalue weighted by Gasteiger charge is -2.11. The summed E-state index contributed by atoms with van der Waals surface area (Å²) in [7, 11) is 0. The van der Waals surface area contributed by atoms with Gasteiger partial charge in [-0.1, -0.05) is 10.2 Å². The van der Waals surface area contributed by atoms with E-state index in [1.54, 1.807) is 24.3 Å². The Morgan fingerprint density at radius 3 is 2.24 bits per heavy atom. The van der Waals surface area contributed by atoms with Gasteiger partial charge in [0.15, 0.2) is 0 Å². The second kappa shape index (κ2) is 4.71. The van der Waals surface area contributed by atoms with Crippen LogP contribution in [0.1, 0.15) is 0 Å². The van der Waals surface area contributed by atoms with Crippen LogP contribution in [-0.2, 0) is 0 Å². The summed E-state index contributed by atoms with van der Waals surface area (Å²) in [4.78, 5) is 23.4. The Hall–Kier alpha value is -2.28. The largest absolute Gasteiger partial charge is 0.492 e. The molecule has 0 atom stereocenters. The number of carbonyl (C=O) groups is 2. The molecule has 88 valence electrons. The van der Waals surface area contributed by atoms with Gasteiger partial charge in [0.25, 0.3) is 0 Å². The number of hydrogen-bond acceptors (Lipinski definition) is 4. The van der Waals surface area contributed by atoms with E-state index in [-0.39, 0.29) is 0 Å². The number of carbonyl (C=O) groups excluding carboxylic acids is 2. The summed E-state index contributed by atoms with van der Waals surface area (Å²) in [5, 5.41) is 6.32. The number of benzene rings is 1. The lowest BCUT2D eigenvalue weighted by Crippen LogP contribution is -2.27. The number of imide groups is 1. The fraction of sp³-hybridized carbons (Fsp3) is 0.200. The molecule has 1 aliphatic heterocycles. The summed E-state index contributed by atoms with van der Waals surface area (Å²) in [6.45, 7) is 0.828. The molecule has 0 saturated heterocycles. The highest BCUT2D eigenvalue weighted by molar-refractivity contribution is 6.17. The van der Waals surface area contributed by atoms with Gasteiger partial charge in [-0.2, -0.15) is 0 Å². The molecule has 7 heteroatoms. The highest BCUT2D eigenvalue weighted by atomic mass is 16.5. The van der Waals surface area contributed by atoms with Crippen molar-refractivity contribution in [2.45, 2.75) is 0 Å². The molecule has 4 amide bonds. The van der Waals surface area contributed by atoms with E-state index < -0.39 is 12.1 Å². The number of rotatable bonds is 4. The van der Waals surface area contributed by atoms with Gasteiger partial charge < -0.3 is 10.5 Å². The topological polar surface area (TPSA) is 97.3 Å². The van der Waals surface area contributed by atoms with Crippen LogP contribution in [0.15, 0.2) is 34.5 Å². The second-order valence-electron chi connectivity index (χ2n) is 3.23.